The minimum atomic E-state index is -0.303. The quantitative estimate of drug-likeness (QED) is 0.0420. The van der Waals surface area contributed by atoms with E-state index in [2.05, 4.69) is 29.7 Å². The van der Waals surface area contributed by atoms with Gasteiger partial charge < -0.3 is 33.7 Å². The topological polar surface area (TPSA) is 109 Å². The highest BCUT2D eigenvalue weighted by atomic mass is 32.1. The summed E-state index contributed by atoms with van der Waals surface area (Å²) in [5.74, 6) is 2.97. The van der Waals surface area contributed by atoms with Crippen molar-refractivity contribution in [2.75, 3.05) is 48.1 Å². The molecule has 0 spiro atoms. The van der Waals surface area contributed by atoms with Gasteiger partial charge in [-0.15, -0.1) is 11.3 Å². The van der Waals surface area contributed by atoms with Crippen LogP contribution in [-0.4, -0.2) is 71.2 Å². The molecule has 1 aromatic heterocycles. The predicted molar refractivity (Wildman–Crippen MR) is 199 cm³/mol. The molecule has 5 aromatic rings. The van der Waals surface area contributed by atoms with Gasteiger partial charge in [-0.3, -0.25) is 10.1 Å². The molecule has 4 aromatic carbocycles. The lowest BCUT2D eigenvalue weighted by Gasteiger charge is -2.20. The largest absolute Gasteiger partial charge is 0.493 e. The number of para-hydroxylation sites is 1. The van der Waals surface area contributed by atoms with Gasteiger partial charge in [0.25, 0.3) is 0 Å². The Morgan fingerprint density at radius 2 is 1.54 bits per heavy atom. The number of nitrogens with zero attached hydrogens (tertiary/aromatic N) is 1. The number of hydrogen-bond donors (Lipinski definition) is 2. The van der Waals surface area contributed by atoms with Gasteiger partial charge in [0.1, 0.15) is 23.6 Å². The second-order valence-electron chi connectivity index (χ2n) is 11.4. The predicted octanol–water partition coefficient (Wildman–Crippen LogP) is 7.27. The molecule has 2 unspecified atom stereocenters. The SMILES string of the molecule is COc1ccc(C=CC(=O)c2cc(OC)c(OC)c(OC)c2)cc1OC(C)NCCNC(C)COc1cccc(-c2nc3ccccc3s2)c1. The maximum atomic E-state index is 13.0. The maximum absolute atomic E-state index is 13.0. The molecule has 262 valence electrons. The van der Waals surface area contributed by atoms with Crippen LogP contribution in [0, 0.1) is 0 Å². The summed E-state index contributed by atoms with van der Waals surface area (Å²) in [5.41, 5.74) is 3.23. The lowest BCUT2D eigenvalue weighted by atomic mass is 10.1. The number of rotatable bonds is 18. The Kier molecular flexibility index (Phi) is 12.7. The number of ketones is 1. The third-order valence-corrected chi connectivity index (χ3v) is 8.88. The standard InChI is InChI=1S/C39H43N3O7S/c1-25(24-48-30-11-9-10-28(21-30)39-42-31-12-7-8-13-37(31)50-39)40-18-19-41-26(2)49-34-20-27(15-17-33(34)44-3)14-16-32(43)29-22-35(45-4)38(47-6)36(23-29)46-5/h7-17,20-23,25-26,40-41H,18-19,24H2,1-6H3. The van der Waals surface area contributed by atoms with Crippen molar-refractivity contribution in [3.05, 3.63) is 96.1 Å². The number of ether oxygens (including phenoxy) is 6. The Balaban J connectivity index is 1.09. The van der Waals surface area contributed by atoms with E-state index in [9.17, 15) is 4.79 Å². The number of nitrogens with one attached hydrogen (secondary N) is 2. The lowest BCUT2D eigenvalue weighted by Crippen LogP contribution is -2.40. The number of carbonyl (C=O) groups is 1. The number of allylic oxidation sites excluding steroid dienone is 1. The number of thiazole rings is 1. The summed E-state index contributed by atoms with van der Waals surface area (Å²) in [6.45, 7) is 5.93. The molecule has 0 fully saturated rings. The van der Waals surface area contributed by atoms with E-state index in [0.29, 0.717) is 54.0 Å². The van der Waals surface area contributed by atoms with Gasteiger partial charge in [-0.1, -0.05) is 36.4 Å². The van der Waals surface area contributed by atoms with Gasteiger partial charge in [0, 0.05) is 30.3 Å². The third kappa shape index (κ3) is 9.32. The molecule has 1 heterocycles. The van der Waals surface area contributed by atoms with Crippen LogP contribution in [0.15, 0.2) is 84.9 Å². The summed E-state index contributed by atoms with van der Waals surface area (Å²) in [7, 11) is 6.13. The van der Waals surface area contributed by atoms with E-state index in [1.54, 1.807) is 36.7 Å². The number of hydrogen-bond acceptors (Lipinski definition) is 11. The number of benzene rings is 4. The molecule has 2 N–H and O–H groups in total. The smallest absolute Gasteiger partial charge is 0.203 e. The average Bonchev–Trinajstić information content (AvgIpc) is 3.59. The summed E-state index contributed by atoms with van der Waals surface area (Å²) in [4.78, 5) is 17.8. The Bertz CT molecular complexity index is 1870. The Morgan fingerprint density at radius 1 is 0.800 bits per heavy atom. The summed E-state index contributed by atoms with van der Waals surface area (Å²) in [6, 6.07) is 25.1. The maximum Gasteiger partial charge on any atom is 0.203 e. The monoisotopic (exact) mass is 697 g/mol. The fourth-order valence-corrected chi connectivity index (χ4v) is 6.16. The van der Waals surface area contributed by atoms with Gasteiger partial charge in [0.15, 0.2) is 28.8 Å². The molecule has 0 amide bonds. The first-order valence-electron chi connectivity index (χ1n) is 16.2. The zero-order chi connectivity index (χ0) is 35.5. The number of carbonyl (C=O) groups excluding carboxylic acids is 1. The van der Waals surface area contributed by atoms with Crippen molar-refractivity contribution in [3.8, 4) is 45.1 Å². The van der Waals surface area contributed by atoms with Gasteiger partial charge in [-0.25, -0.2) is 4.98 Å². The second-order valence-corrected chi connectivity index (χ2v) is 12.4. The van der Waals surface area contributed by atoms with Crippen molar-refractivity contribution in [3.63, 3.8) is 0 Å². The molecular formula is C39H43N3O7S. The minimum Gasteiger partial charge on any atom is -0.493 e. The molecule has 0 bridgehead atoms. The van der Waals surface area contributed by atoms with Crippen LogP contribution >= 0.6 is 11.3 Å². The average molecular weight is 698 g/mol. The van der Waals surface area contributed by atoms with E-state index >= 15 is 0 Å². The highest BCUT2D eigenvalue weighted by molar-refractivity contribution is 7.21. The number of methoxy groups -OCH3 is 4. The molecular weight excluding hydrogens is 655 g/mol. The summed E-state index contributed by atoms with van der Waals surface area (Å²) < 4.78 is 35.1. The zero-order valence-electron chi connectivity index (χ0n) is 29.1. The van der Waals surface area contributed by atoms with Crippen molar-refractivity contribution in [2.45, 2.75) is 26.1 Å². The molecule has 0 aliphatic rings. The first-order chi connectivity index (χ1) is 24.3. The van der Waals surface area contributed by atoms with E-state index in [1.807, 2.05) is 61.5 Å². The first-order valence-corrected chi connectivity index (χ1v) is 17.1. The molecule has 0 saturated carbocycles. The molecule has 11 heteroatoms. The first kappa shape index (κ1) is 36.2. The van der Waals surface area contributed by atoms with E-state index < -0.39 is 0 Å². The van der Waals surface area contributed by atoms with Crippen molar-refractivity contribution < 1.29 is 33.2 Å². The summed E-state index contributed by atoms with van der Waals surface area (Å²) >= 11 is 1.68. The van der Waals surface area contributed by atoms with Gasteiger partial charge in [0.05, 0.1) is 38.7 Å². The Hall–Kier alpha value is -5.10. The van der Waals surface area contributed by atoms with Crippen LogP contribution in [0.4, 0.5) is 0 Å². The fraction of sp³-hybridized carbons (Fsp3) is 0.282. The molecule has 0 saturated heterocycles. The second kappa shape index (κ2) is 17.5. The highest BCUT2D eigenvalue weighted by Crippen LogP contribution is 2.38. The van der Waals surface area contributed by atoms with Crippen LogP contribution in [0.2, 0.25) is 0 Å². The molecule has 0 radical (unpaired) electrons. The fourth-order valence-electron chi connectivity index (χ4n) is 5.20. The normalized spacial score (nSPS) is 12.4. The van der Waals surface area contributed by atoms with Crippen LogP contribution in [0.3, 0.4) is 0 Å². The van der Waals surface area contributed by atoms with E-state index in [4.69, 9.17) is 33.4 Å². The zero-order valence-corrected chi connectivity index (χ0v) is 30.0. The van der Waals surface area contributed by atoms with Crippen molar-refractivity contribution in [1.29, 1.82) is 0 Å². The van der Waals surface area contributed by atoms with Crippen LogP contribution in [0.25, 0.3) is 26.9 Å². The van der Waals surface area contributed by atoms with E-state index in [-0.39, 0.29) is 18.1 Å². The van der Waals surface area contributed by atoms with Gasteiger partial charge in [-0.05, 0) is 74.0 Å². The van der Waals surface area contributed by atoms with Crippen LogP contribution in [0.1, 0.15) is 29.8 Å². The lowest BCUT2D eigenvalue weighted by molar-refractivity contribution is 0.104. The van der Waals surface area contributed by atoms with E-state index in [1.165, 1.54) is 32.1 Å². The Morgan fingerprint density at radius 3 is 2.26 bits per heavy atom. The highest BCUT2D eigenvalue weighted by Gasteiger charge is 2.16. The number of aromatic nitrogens is 1. The molecule has 5 rings (SSSR count). The number of fused-ring (bicyclic) bond motifs is 1. The summed E-state index contributed by atoms with van der Waals surface area (Å²) in [6.07, 6.45) is 2.91. The molecule has 0 aliphatic heterocycles. The van der Waals surface area contributed by atoms with Crippen LogP contribution in [-0.2, 0) is 0 Å². The van der Waals surface area contributed by atoms with Crippen molar-refractivity contribution in [1.82, 2.24) is 15.6 Å². The van der Waals surface area contributed by atoms with Crippen LogP contribution < -0.4 is 39.1 Å². The Labute approximate surface area is 297 Å². The molecule has 2 atom stereocenters. The van der Waals surface area contributed by atoms with Gasteiger partial charge in [-0.2, -0.15) is 0 Å². The molecule has 50 heavy (non-hydrogen) atoms. The minimum absolute atomic E-state index is 0.130. The van der Waals surface area contributed by atoms with Crippen LogP contribution in [0.5, 0.6) is 34.5 Å². The molecule has 10 nitrogen and oxygen atoms in total. The third-order valence-electron chi connectivity index (χ3n) is 7.79. The van der Waals surface area contributed by atoms with Crippen molar-refractivity contribution in [2.24, 2.45) is 0 Å². The van der Waals surface area contributed by atoms with E-state index in [0.717, 1.165) is 27.4 Å². The van der Waals surface area contributed by atoms with Gasteiger partial charge in [0.2, 0.25) is 5.75 Å². The van der Waals surface area contributed by atoms with Gasteiger partial charge >= 0.3 is 0 Å². The summed E-state index contributed by atoms with van der Waals surface area (Å²) in [5, 5.41) is 7.85. The molecule has 0 aliphatic carbocycles. The van der Waals surface area contributed by atoms with Crippen molar-refractivity contribution >= 4 is 33.4 Å².